The maximum absolute atomic E-state index is 12.2. The van der Waals surface area contributed by atoms with Crippen LogP contribution in [0.5, 0.6) is 5.75 Å². The van der Waals surface area contributed by atoms with Crippen LogP contribution < -0.4 is 4.74 Å². The largest absolute Gasteiger partial charge is 0.493 e. The normalized spacial score (nSPS) is 11.8. The van der Waals surface area contributed by atoms with E-state index in [1.807, 2.05) is 32.0 Å². The van der Waals surface area contributed by atoms with Gasteiger partial charge in [0, 0.05) is 42.8 Å². The lowest BCUT2D eigenvalue weighted by Gasteiger charge is -2.13. The molecule has 152 valence electrons. The second-order valence-electron chi connectivity index (χ2n) is 7.55. The van der Waals surface area contributed by atoms with Crippen molar-refractivity contribution in [3.63, 3.8) is 0 Å². The molecular formula is C26H25NO3. The molecule has 0 saturated carbocycles. The summed E-state index contributed by atoms with van der Waals surface area (Å²) in [7, 11) is 3.49. The average Bonchev–Trinajstić information content (AvgIpc) is 3.15. The van der Waals surface area contributed by atoms with Crippen molar-refractivity contribution in [1.82, 2.24) is 4.90 Å². The van der Waals surface area contributed by atoms with E-state index in [0.717, 1.165) is 33.2 Å². The molecule has 0 N–H and O–H groups in total. The number of fused-ring (bicyclic) bond motifs is 2. The van der Waals surface area contributed by atoms with E-state index in [1.165, 1.54) is 10.8 Å². The van der Waals surface area contributed by atoms with Crippen molar-refractivity contribution in [2.24, 2.45) is 0 Å². The Morgan fingerprint density at radius 3 is 2.57 bits per heavy atom. The fourth-order valence-electron chi connectivity index (χ4n) is 3.61. The number of hydrogen-bond acceptors (Lipinski definition) is 3. The van der Waals surface area contributed by atoms with E-state index in [0.29, 0.717) is 12.4 Å². The summed E-state index contributed by atoms with van der Waals surface area (Å²) in [6.45, 7) is 4.41. The van der Waals surface area contributed by atoms with E-state index in [-0.39, 0.29) is 5.91 Å². The Balaban J connectivity index is 1.87. The molecule has 1 aromatic heterocycles. The van der Waals surface area contributed by atoms with Crippen LogP contribution in [0.2, 0.25) is 0 Å². The predicted molar refractivity (Wildman–Crippen MR) is 123 cm³/mol. The van der Waals surface area contributed by atoms with E-state index in [2.05, 4.69) is 36.4 Å². The third-order valence-electron chi connectivity index (χ3n) is 5.24. The number of carbonyl (C=O) groups excluding carboxylic acids is 1. The van der Waals surface area contributed by atoms with Gasteiger partial charge < -0.3 is 14.1 Å². The first-order valence-electron chi connectivity index (χ1n) is 10.0. The molecule has 0 aliphatic carbocycles. The Hall–Kier alpha value is -3.53. The number of rotatable bonds is 5. The Labute approximate surface area is 176 Å². The first-order chi connectivity index (χ1) is 14.5. The number of nitrogens with zero attached hydrogens (tertiary/aromatic N) is 1. The molecule has 1 amide bonds. The fraction of sp³-hybridized carbons (Fsp3) is 0.192. The SMILES string of the molecule is CCOc1cc2occ(-c3ccc4ccccc4c3)c2cc1/C(C)=C/C(=O)N(C)C. The summed E-state index contributed by atoms with van der Waals surface area (Å²) in [6, 6.07) is 18.7. The molecule has 30 heavy (non-hydrogen) atoms. The zero-order chi connectivity index (χ0) is 21.3. The Morgan fingerprint density at radius 1 is 1.07 bits per heavy atom. The summed E-state index contributed by atoms with van der Waals surface area (Å²) in [5, 5.41) is 3.38. The van der Waals surface area contributed by atoms with Crippen molar-refractivity contribution in [3.05, 3.63) is 72.5 Å². The number of amides is 1. The van der Waals surface area contributed by atoms with Gasteiger partial charge in [-0.25, -0.2) is 0 Å². The fourth-order valence-corrected chi connectivity index (χ4v) is 3.61. The zero-order valence-corrected chi connectivity index (χ0v) is 17.7. The van der Waals surface area contributed by atoms with Crippen molar-refractivity contribution in [1.29, 1.82) is 0 Å². The van der Waals surface area contributed by atoms with E-state index in [4.69, 9.17) is 9.15 Å². The molecule has 0 spiro atoms. The Kier molecular flexibility index (Phi) is 5.32. The van der Waals surface area contributed by atoms with E-state index in [9.17, 15) is 4.79 Å². The zero-order valence-electron chi connectivity index (χ0n) is 17.7. The van der Waals surface area contributed by atoms with Gasteiger partial charge in [-0.05, 0) is 47.9 Å². The summed E-state index contributed by atoms with van der Waals surface area (Å²) in [5.41, 5.74) is 4.62. The van der Waals surface area contributed by atoms with Crippen LogP contribution in [0.15, 0.2) is 71.4 Å². The third-order valence-corrected chi connectivity index (χ3v) is 5.24. The molecule has 0 aliphatic rings. The quantitative estimate of drug-likeness (QED) is 0.378. The van der Waals surface area contributed by atoms with E-state index >= 15 is 0 Å². The van der Waals surface area contributed by atoms with Crippen LogP contribution in [0.3, 0.4) is 0 Å². The van der Waals surface area contributed by atoms with Crippen LogP contribution in [0, 0.1) is 0 Å². The number of furan rings is 1. The summed E-state index contributed by atoms with van der Waals surface area (Å²) < 4.78 is 11.7. The summed E-state index contributed by atoms with van der Waals surface area (Å²) in [5.74, 6) is 0.654. The molecule has 3 aromatic carbocycles. The van der Waals surface area contributed by atoms with Gasteiger partial charge in [-0.2, -0.15) is 0 Å². The summed E-state index contributed by atoms with van der Waals surface area (Å²) in [4.78, 5) is 13.8. The summed E-state index contributed by atoms with van der Waals surface area (Å²) in [6.07, 6.45) is 3.43. The van der Waals surface area contributed by atoms with Gasteiger partial charge in [-0.1, -0.05) is 36.4 Å². The number of carbonyl (C=O) groups is 1. The molecule has 0 bridgehead atoms. The number of benzene rings is 3. The van der Waals surface area contributed by atoms with Crippen LogP contribution in [0.4, 0.5) is 0 Å². The number of ether oxygens (including phenoxy) is 1. The second-order valence-corrected chi connectivity index (χ2v) is 7.55. The van der Waals surface area contributed by atoms with Gasteiger partial charge in [0.1, 0.15) is 11.3 Å². The lowest BCUT2D eigenvalue weighted by molar-refractivity contribution is -0.123. The van der Waals surface area contributed by atoms with Gasteiger partial charge >= 0.3 is 0 Å². The number of hydrogen-bond donors (Lipinski definition) is 0. The monoisotopic (exact) mass is 399 g/mol. The Morgan fingerprint density at radius 2 is 1.83 bits per heavy atom. The van der Waals surface area contributed by atoms with Gasteiger partial charge in [0.25, 0.3) is 0 Å². The highest BCUT2D eigenvalue weighted by Gasteiger charge is 2.16. The number of likely N-dealkylation sites (N-methyl/N-ethyl adjacent to an activating group) is 1. The topological polar surface area (TPSA) is 42.7 Å². The minimum Gasteiger partial charge on any atom is -0.493 e. The third kappa shape index (κ3) is 3.69. The first kappa shape index (κ1) is 19.8. The van der Waals surface area contributed by atoms with Crippen molar-refractivity contribution in [2.75, 3.05) is 20.7 Å². The van der Waals surface area contributed by atoms with Gasteiger partial charge in [-0.15, -0.1) is 0 Å². The van der Waals surface area contributed by atoms with Crippen molar-refractivity contribution >= 4 is 33.2 Å². The summed E-state index contributed by atoms with van der Waals surface area (Å²) >= 11 is 0. The maximum atomic E-state index is 12.2. The molecule has 0 radical (unpaired) electrons. The molecule has 4 aromatic rings. The molecule has 0 saturated heterocycles. The average molecular weight is 399 g/mol. The molecular weight excluding hydrogens is 374 g/mol. The highest BCUT2D eigenvalue weighted by molar-refractivity contribution is 6.01. The van der Waals surface area contributed by atoms with Crippen molar-refractivity contribution in [3.8, 4) is 16.9 Å². The van der Waals surface area contributed by atoms with Crippen LogP contribution in [0.25, 0.3) is 38.4 Å². The molecule has 0 fully saturated rings. The molecule has 0 unspecified atom stereocenters. The van der Waals surface area contributed by atoms with E-state index in [1.54, 1.807) is 31.3 Å². The standard InChI is InChI=1S/C26H25NO3/c1-5-29-24-15-25-22(14-21(24)17(2)12-26(28)27(3)4)23(16-30-25)20-11-10-18-8-6-7-9-19(18)13-20/h6-16H,5H2,1-4H3/b17-12+. The molecule has 0 aliphatic heterocycles. The molecule has 4 heteroatoms. The van der Waals surface area contributed by atoms with Gasteiger partial charge in [0.05, 0.1) is 12.9 Å². The van der Waals surface area contributed by atoms with Crippen LogP contribution in [-0.4, -0.2) is 31.5 Å². The molecule has 1 heterocycles. The van der Waals surface area contributed by atoms with Crippen molar-refractivity contribution in [2.45, 2.75) is 13.8 Å². The first-order valence-corrected chi connectivity index (χ1v) is 10.0. The number of allylic oxidation sites excluding steroid dienone is 1. The molecule has 4 rings (SSSR count). The minimum atomic E-state index is -0.0583. The Bertz CT molecular complexity index is 1260. The predicted octanol–water partition coefficient (Wildman–Crippen LogP) is 6.14. The van der Waals surface area contributed by atoms with E-state index < -0.39 is 0 Å². The lowest BCUT2D eigenvalue weighted by Crippen LogP contribution is -2.19. The smallest absolute Gasteiger partial charge is 0.246 e. The minimum absolute atomic E-state index is 0.0583. The second kappa shape index (κ2) is 8.07. The van der Waals surface area contributed by atoms with Crippen LogP contribution in [0.1, 0.15) is 19.4 Å². The highest BCUT2D eigenvalue weighted by Crippen LogP contribution is 2.38. The van der Waals surface area contributed by atoms with Gasteiger partial charge in [0.2, 0.25) is 5.91 Å². The van der Waals surface area contributed by atoms with Crippen molar-refractivity contribution < 1.29 is 13.9 Å². The lowest BCUT2D eigenvalue weighted by atomic mass is 9.97. The molecule has 4 nitrogen and oxygen atoms in total. The van der Waals surface area contributed by atoms with Crippen LogP contribution >= 0.6 is 0 Å². The van der Waals surface area contributed by atoms with Gasteiger partial charge in [0.15, 0.2) is 0 Å². The molecule has 0 atom stereocenters. The highest BCUT2D eigenvalue weighted by atomic mass is 16.5. The van der Waals surface area contributed by atoms with Crippen LogP contribution in [-0.2, 0) is 4.79 Å². The maximum Gasteiger partial charge on any atom is 0.246 e. The van der Waals surface area contributed by atoms with Gasteiger partial charge in [-0.3, -0.25) is 4.79 Å².